The van der Waals surface area contributed by atoms with Gasteiger partial charge in [0.1, 0.15) is 0 Å². The van der Waals surface area contributed by atoms with E-state index in [1.807, 2.05) is 18.2 Å². The second-order valence-electron chi connectivity index (χ2n) is 23.3. The van der Waals surface area contributed by atoms with Crippen molar-refractivity contribution in [2.24, 2.45) is 0 Å². The topological polar surface area (TPSA) is 77.2 Å². The Hall–Kier alpha value is -11.8. The van der Waals surface area contributed by atoms with Gasteiger partial charge in [-0.3, -0.25) is 9.13 Å². The van der Waals surface area contributed by atoms with Gasteiger partial charge in [0.25, 0.3) is 0 Å². The number of hydrogen-bond acceptors (Lipinski definition) is 4. The average Bonchev–Trinajstić information content (AvgIpc) is 1.65. The van der Waals surface area contributed by atoms with E-state index in [1.165, 1.54) is 41.5 Å². The highest BCUT2D eigenvalue weighted by Crippen LogP contribution is 2.42. The largest absolute Gasteiger partial charge is 0.309 e. The van der Waals surface area contributed by atoms with Crippen molar-refractivity contribution in [3.05, 3.63) is 339 Å². The van der Waals surface area contributed by atoms with Crippen LogP contribution in [0.5, 0.6) is 0 Å². The van der Waals surface area contributed by atoms with Gasteiger partial charge in [-0.1, -0.05) is 279 Å². The van der Waals surface area contributed by atoms with Crippen LogP contribution in [0, 0.1) is 11.3 Å². The van der Waals surface area contributed by atoms with Crippen LogP contribution in [-0.4, -0.2) is 44.8 Å². The fourth-order valence-electron chi connectivity index (χ4n) is 14.8. The van der Waals surface area contributed by atoms with Crippen LogP contribution in [0.1, 0.15) is 5.56 Å². The lowest BCUT2D eigenvalue weighted by Crippen LogP contribution is -2.74. The van der Waals surface area contributed by atoms with Crippen molar-refractivity contribution in [3.8, 4) is 35.0 Å². The van der Waals surface area contributed by atoms with E-state index in [0.717, 1.165) is 76.7 Å². The Morgan fingerprint density at radius 1 is 0.275 bits per heavy atom. The molecule has 0 aliphatic heterocycles. The first-order chi connectivity index (χ1) is 45.1. The first-order valence-electron chi connectivity index (χ1n) is 30.8. The maximum Gasteiger partial charge on any atom is 0.240 e. The van der Waals surface area contributed by atoms with Crippen molar-refractivity contribution in [1.29, 1.82) is 5.26 Å². The van der Waals surface area contributed by atoms with Crippen LogP contribution in [0.3, 0.4) is 0 Å². The maximum absolute atomic E-state index is 10.3. The number of hydrogen-bond donors (Lipinski definition) is 0. The summed E-state index contributed by atoms with van der Waals surface area (Å²) in [5.74, 6) is 1.46. The zero-order valence-electron chi connectivity index (χ0n) is 49.4. The second-order valence-corrected chi connectivity index (χ2v) is 31.0. The fraction of sp³-hybridized carbons (Fsp3) is 0. The Morgan fingerprint density at radius 3 is 1.22 bits per heavy atom. The molecule has 7 nitrogen and oxygen atoms in total. The van der Waals surface area contributed by atoms with Gasteiger partial charge in [-0.25, -0.2) is 0 Å². The van der Waals surface area contributed by atoms with Crippen LogP contribution in [0.15, 0.2) is 334 Å². The van der Waals surface area contributed by atoms with Gasteiger partial charge in [-0.2, -0.15) is 20.2 Å². The van der Waals surface area contributed by atoms with E-state index in [2.05, 4.69) is 335 Å². The molecule has 4 heterocycles. The number of fused-ring (bicyclic) bond motifs is 10. The molecule has 17 rings (SSSR count). The molecule has 0 aliphatic carbocycles. The van der Waals surface area contributed by atoms with Crippen LogP contribution in [0.2, 0.25) is 0 Å². The van der Waals surface area contributed by atoms with Gasteiger partial charge in [0.15, 0.2) is 22.0 Å². The van der Waals surface area contributed by atoms with E-state index < -0.39 is 16.1 Å². The van der Waals surface area contributed by atoms with Crippen molar-refractivity contribution in [2.75, 3.05) is 0 Å². The monoisotopic (exact) mass is 1190 g/mol. The van der Waals surface area contributed by atoms with Gasteiger partial charge in [-0.15, -0.1) is 0 Å². The highest BCUT2D eigenvalue weighted by atomic mass is 28.3. The van der Waals surface area contributed by atoms with Crippen LogP contribution >= 0.6 is 0 Å². The smallest absolute Gasteiger partial charge is 0.240 e. The summed E-state index contributed by atoms with van der Waals surface area (Å²) in [6, 6.07) is 123. The minimum absolute atomic E-state index is 0.456. The third-order valence-electron chi connectivity index (χ3n) is 18.6. The molecule has 91 heavy (non-hydrogen) atoms. The van der Waals surface area contributed by atoms with Gasteiger partial charge >= 0.3 is 0 Å². The molecule has 426 valence electrons. The molecule has 0 N–H and O–H groups in total. The van der Waals surface area contributed by atoms with Crippen molar-refractivity contribution in [2.45, 2.75) is 0 Å². The zero-order valence-corrected chi connectivity index (χ0v) is 51.4. The summed E-state index contributed by atoms with van der Waals surface area (Å²) >= 11 is 0. The molecular formula is C82H55N7Si2. The first kappa shape index (κ1) is 53.4. The number of benzene rings is 13. The summed E-state index contributed by atoms with van der Waals surface area (Å²) in [5.41, 5.74) is 8.41. The van der Waals surface area contributed by atoms with Gasteiger partial charge in [-0.05, 0) is 96.1 Å². The van der Waals surface area contributed by atoms with Crippen molar-refractivity contribution in [3.63, 3.8) is 0 Å². The van der Waals surface area contributed by atoms with Gasteiger partial charge in [0.05, 0.1) is 44.7 Å². The number of nitrogens with zero attached hydrogens (tertiary/aromatic N) is 7. The lowest BCUT2D eigenvalue weighted by Gasteiger charge is -2.34. The Morgan fingerprint density at radius 2 is 0.692 bits per heavy atom. The summed E-state index contributed by atoms with van der Waals surface area (Å²) in [5, 5.41) is 26.8. The quantitative estimate of drug-likeness (QED) is 0.0902. The van der Waals surface area contributed by atoms with Crippen molar-refractivity contribution < 1.29 is 0 Å². The van der Waals surface area contributed by atoms with Gasteiger partial charge < -0.3 is 4.57 Å². The van der Waals surface area contributed by atoms with Crippen LogP contribution < -0.4 is 41.5 Å². The normalized spacial score (nSPS) is 11.9. The van der Waals surface area contributed by atoms with Gasteiger partial charge in [0, 0.05) is 43.6 Å². The highest BCUT2D eigenvalue weighted by molar-refractivity contribution is 7.20. The van der Waals surface area contributed by atoms with Crippen molar-refractivity contribution in [1.82, 2.24) is 28.7 Å². The molecule has 0 saturated heterocycles. The van der Waals surface area contributed by atoms with E-state index in [-0.39, 0.29) is 0 Å². The zero-order chi connectivity index (χ0) is 60.5. The lowest BCUT2D eigenvalue weighted by molar-refractivity contribution is 0.894. The van der Waals surface area contributed by atoms with Crippen molar-refractivity contribution >= 4 is 123 Å². The third-order valence-corrected chi connectivity index (χ3v) is 28.2. The first-order valence-corrected chi connectivity index (χ1v) is 34.8. The Bertz CT molecular complexity index is 5460. The van der Waals surface area contributed by atoms with E-state index >= 15 is 0 Å². The second kappa shape index (κ2) is 21.8. The molecule has 0 radical (unpaired) electrons. The molecule has 4 aromatic heterocycles. The highest BCUT2D eigenvalue weighted by Gasteiger charge is 2.43. The van der Waals surface area contributed by atoms with Crippen LogP contribution in [0.4, 0.5) is 0 Å². The SMILES string of the molecule is N#Cc1ccc2c(c1)c1ccccc1n2-c1nc(-c2cccc([Si](c3ccccc3)(c3ccccc3)c3ccccc3)c2)nc(-n2c3ccccc3c3ccc4c(c5ccc([Si](c6ccccc6)(c6ccccc6)c6ccccc6)cc5n4-c4ccccc4)c32)n1. The number of para-hydroxylation sites is 3. The molecule has 0 unspecified atom stereocenters. The maximum atomic E-state index is 10.3. The summed E-state index contributed by atoms with van der Waals surface area (Å²) in [7, 11) is -6.00. The molecular weight excluding hydrogens is 1140 g/mol. The molecule has 9 heteroatoms. The molecule has 0 saturated carbocycles. The van der Waals surface area contributed by atoms with E-state index in [1.54, 1.807) is 0 Å². The Labute approximate surface area is 528 Å². The Kier molecular flexibility index (Phi) is 12.8. The standard InChI is InChI=1S/C82H55N7Si2/c83-56-57-47-51-75-72(53-57)69-44-23-24-45-73(69)88(75)81-84-80(58-27-26-42-66(54-58)90(60-30-10-2-11-31-60,61-32-12-3-13-33-61)62-34-14-4-15-35-62)85-82(86-81)89-74-46-25-22-43-68(74)70-50-52-76-78(79(70)89)71-49-48-67(55-77(71)87(76)59-28-8-1-9-29-59)91(63-36-16-5-17-37-63,64-38-18-6-19-39-64)65-40-20-7-21-41-65/h1-55H. The molecule has 0 atom stereocenters. The molecule has 13 aromatic carbocycles. The number of rotatable bonds is 12. The predicted octanol–water partition coefficient (Wildman–Crippen LogP) is 13.5. The predicted molar refractivity (Wildman–Crippen MR) is 380 cm³/mol. The minimum atomic E-state index is -3.02. The summed E-state index contributed by atoms with van der Waals surface area (Å²) in [6.07, 6.45) is 0. The lowest BCUT2D eigenvalue weighted by atomic mass is 10.1. The van der Waals surface area contributed by atoms with Crippen LogP contribution in [0.25, 0.3) is 94.4 Å². The third kappa shape index (κ3) is 8.35. The number of nitriles is 1. The Balaban J connectivity index is 0.987. The molecule has 0 amide bonds. The minimum Gasteiger partial charge on any atom is -0.309 e. The van der Waals surface area contributed by atoms with E-state index in [4.69, 9.17) is 15.0 Å². The number of aromatic nitrogens is 6. The average molecular weight is 1190 g/mol. The van der Waals surface area contributed by atoms with E-state index in [0.29, 0.717) is 23.3 Å². The summed E-state index contributed by atoms with van der Waals surface area (Å²) in [6.45, 7) is 0. The summed E-state index contributed by atoms with van der Waals surface area (Å²) in [4.78, 5) is 17.2. The van der Waals surface area contributed by atoms with Crippen LogP contribution in [-0.2, 0) is 0 Å². The van der Waals surface area contributed by atoms with Gasteiger partial charge in [0.2, 0.25) is 11.9 Å². The molecule has 0 spiro atoms. The molecule has 17 aromatic rings. The van der Waals surface area contributed by atoms with E-state index in [9.17, 15) is 5.26 Å². The molecule has 0 fully saturated rings. The molecule has 0 bridgehead atoms. The molecule has 0 aliphatic rings. The summed E-state index contributed by atoms with van der Waals surface area (Å²) < 4.78 is 6.90. The fourth-order valence-corrected chi connectivity index (χ4v) is 24.4.